The molecule has 4 N–H and O–H groups in total. The van der Waals surface area contributed by atoms with Crippen molar-refractivity contribution in [3.63, 3.8) is 0 Å². The summed E-state index contributed by atoms with van der Waals surface area (Å²) in [6.45, 7) is 23.8. The van der Waals surface area contributed by atoms with Gasteiger partial charge in [-0.25, -0.2) is 0 Å². The van der Waals surface area contributed by atoms with Crippen LogP contribution in [-0.4, -0.2) is 43.2 Å². The van der Waals surface area contributed by atoms with Crippen molar-refractivity contribution in [2.24, 2.45) is 0 Å². The van der Waals surface area contributed by atoms with Gasteiger partial charge in [-0.1, -0.05) is 0 Å². The van der Waals surface area contributed by atoms with Gasteiger partial charge in [-0.3, -0.25) is 0 Å². The van der Waals surface area contributed by atoms with Crippen LogP contribution >= 0.6 is 0 Å². The predicted octanol–water partition coefficient (Wildman–Crippen LogP) is 3.40. The van der Waals surface area contributed by atoms with E-state index in [1.54, 1.807) is 20.8 Å². The van der Waals surface area contributed by atoms with Crippen LogP contribution in [0.1, 0.15) is 41.5 Å². The van der Waals surface area contributed by atoms with Crippen molar-refractivity contribution in [3.05, 3.63) is 0 Å². The Labute approximate surface area is 129 Å². The summed E-state index contributed by atoms with van der Waals surface area (Å²) in [7, 11) is -2.90. The van der Waals surface area contributed by atoms with Gasteiger partial charge in [0.25, 0.3) is 0 Å². The molecule has 20 heavy (non-hydrogen) atoms. The average Bonchev–Trinajstić information content (AvgIpc) is 1.63. The number of hydrogen-bond acceptors (Lipinski definition) is 3. The minimum Gasteiger partial charge on any atom is -0.433 e. The maximum absolute atomic E-state index is 8.66. The highest BCUT2D eigenvalue weighted by Gasteiger charge is 2.22. The molecule has 4 nitrogen and oxygen atoms in total. The largest absolute Gasteiger partial charge is 0.433 e. The van der Waals surface area contributed by atoms with Gasteiger partial charge in [0, 0.05) is 5.60 Å². The fraction of sp³-hybridized carbons (Fsp3) is 1.00. The van der Waals surface area contributed by atoms with Crippen LogP contribution in [0.5, 0.6) is 0 Å². The lowest BCUT2D eigenvalue weighted by Gasteiger charge is -2.29. The molecule has 0 fully saturated rings. The average molecular weight is 329 g/mol. The molecule has 0 saturated carbocycles. The first-order valence-electron chi connectivity index (χ1n) is 6.86. The summed E-state index contributed by atoms with van der Waals surface area (Å²) in [5.41, 5.74) is -0.454. The first-order chi connectivity index (χ1) is 7.71. The molecule has 0 aromatic carbocycles. The summed E-state index contributed by atoms with van der Waals surface area (Å²) in [5.74, 6) is 0. The van der Waals surface area contributed by atoms with Crippen LogP contribution in [0, 0.1) is 0 Å². The predicted molar refractivity (Wildman–Crippen MR) is 95.3 cm³/mol. The Morgan fingerprint density at radius 1 is 0.750 bits per heavy atom. The van der Waals surface area contributed by atoms with E-state index in [1.807, 2.05) is 19.6 Å². The zero-order valence-electron chi connectivity index (χ0n) is 15.8. The molecule has 0 heterocycles. The minimum absolute atomic E-state index is 0. The summed E-state index contributed by atoms with van der Waals surface area (Å²) in [6.07, 6.45) is 0. The van der Waals surface area contributed by atoms with E-state index >= 15 is 0 Å². The highest BCUT2D eigenvalue weighted by atomic mass is 28.4. The molecule has 0 amide bonds. The molecule has 0 aliphatic carbocycles. The van der Waals surface area contributed by atoms with Crippen LogP contribution in [0.4, 0.5) is 0 Å². The molecule has 0 unspecified atom stereocenters. The van der Waals surface area contributed by atoms with Gasteiger partial charge in [0.1, 0.15) is 0 Å². The van der Waals surface area contributed by atoms with E-state index in [0.717, 1.165) is 0 Å². The zero-order valence-corrected chi connectivity index (χ0v) is 17.8. The van der Waals surface area contributed by atoms with Crippen molar-refractivity contribution in [2.45, 2.75) is 92.0 Å². The highest BCUT2D eigenvalue weighted by molar-refractivity contribution is 6.69. The zero-order chi connectivity index (χ0) is 16.7. The maximum atomic E-state index is 8.66. The molecule has 0 spiro atoms. The van der Waals surface area contributed by atoms with Gasteiger partial charge >= 0.3 is 0 Å². The Morgan fingerprint density at radius 2 is 0.900 bits per heavy atom. The molecule has 0 rings (SSSR count). The van der Waals surface area contributed by atoms with Gasteiger partial charge in [-0.15, -0.1) is 0 Å². The van der Waals surface area contributed by atoms with Gasteiger partial charge in [-0.05, 0) is 80.8 Å². The van der Waals surface area contributed by atoms with Gasteiger partial charge < -0.3 is 19.8 Å². The van der Waals surface area contributed by atoms with Gasteiger partial charge in [-0.2, -0.15) is 0 Å². The van der Waals surface area contributed by atoms with Crippen LogP contribution in [0.25, 0.3) is 0 Å². The Bertz CT molecular complexity index is 181. The molecule has 0 aromatic rings. The third-order valence-corrected chi connectivity index (χ3v) is 1.84. The van der Waals surface area contributed by atoms with Crippen molar-refractivity contribution in [1.82, 2.24) is 0 Å². The van der Waals surface area contributed by atoms with Crippen molar-refractivity contribution in [1.29, 1.82) is 0 Å². The SMILES string of the molecule is CC(C)(C)O.CC(C)(C)O[Si](C)(C)C.C[Si](C)(C)O.O. The van der Waals surface area contributed by atoms with Crippen LogP contribution in [0.3, 0.4) is 0 Å². The van der Waals surface area contributed by atoms with Gasteiger partial charge in [0.05, 0.1) is 5.60 Å². The van der Waals surface area contributed by atoms with Crippen LogP contribution in [-0.2, 0) is 4.43 Å². The monoisotopic (exact) mass is 328 g/mol. The fourth-order valence-electron chi connectivity index (χ4n) is 0.919. The Balaban J connectivity index is -0.000000101. The molecule has 0 radical (unpaired) electrons. The lowest BCUT2D eigenvalue weighted by atomic mass is 10.2. The highest BCUT2D eigenvalue weighted by Crippen LogP contribution is 2.15. The summed E-state index contributed by atoms with van der Waals surface area (Å²) in [5, 5.41) is 8.52. The second-order valence-electron chi connectivity index (χ2n) is 8.67. The molecule has 0 atom stereocenters. The Morgan fingerprint density at radius 3 is 0.900 bits per heavy atom. The molecule has 0 aliphatic rings. The molecular formula is C14H40O4Si2. The quantitative estimate of drug-likeness (QED) is 0.724. The summed E-state index contributed by atoms with van der Waals surface area (Å²) < 4.78 is 5.76. The lowest BCUT2D eigenvalue weighted by molar-refractivity contribution is 0.102. The van der Waals surface area contributed by atoms with Crippen LogP contribution in [0.2, 0.25) is 39.3 Å². The Hall–Kier alpha value is 0.274. The topological polar surface area (TPSA) is 81.2 Å². The van der Waals surface area contributed by atoms with E-state index in [9.17, 15) is 0 Å². The first-order valence-corrected chi connectivity index (χ1v) is 13.7. The lowest BCUT2D eigenvalue weighted by Crippen LogP contribution is -2.35. The molecular weight excluding hydrogens is 288 g/mol. The molecule has 0 aromatic heterocycles. The van der Waals surface area contributed by atoms with Crippen LogP contribution in [0.15, 0.2) is 0 Å². The van der Waals surface area contributed by atoms with Crippen molar-refractivity contribution < 1.29 is 19.8 Å². The third kappa shape index (κ3) is 139. The Kier molecular flexibility index (Phi) is 14.3. The number of aliphatic hydroxyl groups is 1. The normalized spacial score (nSPS) is 12.3. The molecule has 0 saturated heterocycles. The second-order valence-corrected chi connectivity index (χ2v) is 17.4. The summed E-state index contributed by atoms with van der Waals surface area (Å²) >= 11 is 0. The van der Waals surface area contributed by atoms with E-state index in [1.165, 1.54) is 0 Å². The molecule has 6 heteroatoms. The van der Waals surface area contributed by atoms with E-state index in [-0.39, 0.29) is 11.1 Å². The second kappa shape index (κ2) is 10.1. The van der Waals surface area contributed by atoms with Crippen LogP contribution < -0.4 is 0 Å². The van der Waals surface area contributed by atoms with Crippen molar-refractivity contribution >= 4 is 16.6 Å². The van der Waals surface area contributed by atoms with Crippen molar-refractivity contribution in [3.8, 4) is 0 Å². The van der Waals surface area contributed by atoms with E-state index in [0.29, 0.717) is 0 Å². The summed E-state index contributed by atoms with van der Waals surface area (Å²) in [4.78, 5) is 8.66. The van der Waals surface area contributed by atoms with Crippen molar-refractivity contribution in [2.75, 3.05) is 0 Å². The smallest absolute Gasteiger partial charge is 0.184 e. The van der Waals surface area contributed by atoms with Gasteiger partial charge in [0.2, 0.25) is 0 Å². The standard InChI is InChI=1S/C7H18OSi.C4H10O.C3H10OSi.H2O/c1-7(2,3)8-9(4,5)6;1-4(2,3)5;1-5(2,3)4;/h1-6H3;5H,1-3H3;4H,1-3H3;1H2. The molecule has 0 bridgehead atoms. The van der Waals surface area contributed by atoms with E-state index in [2.05, 4.69) is 40.4 Å². The number of hydrogen-bond donors (Lipinski definition) is 2. The maximum Gasteiger partial charge on any atom is 0.184 e. The summed E-state index contributed by atoms with van der Waals surface area (Å²) in [6, 6.07) is 0. The first kappa shape index (κ1) is 28.4. The third-order valence-electron chi connectivity index (χ3n) is 0.612. The molecule has 0 aliphatic heterocycles. The molecule has 128 valence electrons. The van der Waals surface area contributed by atoms with Gasteiger partial charge in [0.15, 0.2) is 16.6 Å². The van der Waals surface area contributed by atoms with E-state index < -0.39 is 22.2 Å². The van der Waals surface area contributed by atoms with E-state index in [4.69, 9.17) is 14.3 Å². The fourth-order valence-corrected chi connectivity index (χ4v) is 2.76. The number of rotatable bonds is 1. The minimum atomic E-state index is -1.61.